The standard InChI is InChI=1S/C14H18N2O5/c1-8-7-16(5-4-11(8)17)14(21)15-10-3-2-9(13(19)20)6-12(10)18/h2-3,6,8,11,17-18H,4-5,7H2,1H3,(H,15,21)(H,19,20). The van der Waals surface area contributed by atoms with Crippen LogP contribution in [0.5, 0.6) is 5.75 Å². The SMILES string of the molecule is CC1CN(C(=O)Nc2ccc(C(=O)O)cc2O)CCC1O. The average Bonchev–Trinajstić information content (AvgIpc) is 2.43. The molecule has 0 bridgehead atoms. The van der Waals surface area contributed by atoms with Crippen molar-refractivity contribution in [2.45, 2.75) is 19.4 Å². The molecule has 1 heterocycles. The summed E-state index contributed by atoms with van der Waals surface area (Å²) >= 11 is 0. The van der Waals surface area contributed by atoms with Gasteiger partial charge in [-0.1, -0.05) is 6.92 Å². The minimum Gasteiger partial charge on any atom is -0.506 e. The minimum absolute atomic E-state index is 0.00696. The summed E-state index contributed by atoms with van der Waals surface area (Å²) in [7, 11) is 0. The lowest BCUT2D eigenvalue weighted by atomic mass is 9.97. The van der Waals surface area contributed by atoms with E-state index in [4.69, 9.17) is 5.11 Å². The van der Waals surface area contributed by atoms with Gasteiger partial charge in [0.05, 0.1) is 17.4 Å². The van der Waals surface area contributed by atoms with Gasteiger partial charge in [0.2, 0.25) is 0 Å². The number of aromatic carboxylic acids is 1. The second kappa shape index (κ2) is 6.01. The molecule has 7 heteroatoms. The highest BCUT2D eigenvalue weighted by atomic mass is 16.4. The number of nitrogens with zero attached hydrogens (tertiary/aromatic N) is 1. The Bertz CT molecular complexity index is 560. The molecule has 0 aromatic heterocycles. The molecule has 1 aromatic rings. The number of hydrogen-bond acceptors (Lipinski definition) is 4. The topological polar surface area (TPSA) is 110 Å². The van der Waals surface area contributed by atoms with Crippen molar-refractivity contribution >= 4 is 17.7 Å². The molecule has 2 unspecified atom stereocenters. The van der Waals surface area contributed by atoms with Crippen LogP contribution in [0.25, 0.3) is 0 Å². The van der Waals surface area contributed by atoms with E-state index in [1.807, 2.05) is 6.92 Å². The van der Waals surface area contributed by atoms with Gasteiger partial charge in [0, 0.05) is 13.1 Å². The molecule has 0 radical (unpaired) electrons. The number of phenolic OH excluding ortho intramolecular Hbond substituents is 1. The Kier molecular flexibility index (Phi) is 4.32. The Labute approximate surface area is 121 Å². The molecule has 1 saturated heterocycles. The maximum atomic E-state index is 12.1. The molecule has 114 valence electrons. The molecule has 1 fully saturated rings. The number of aliphatic hydroxyl groups excluding tert-OH is 1. The fourth-order valence-electron chi connectivity index (χ4n) is 2.28. The first-order chi connectivity index (χ1) is 9.88. The molecule has 21 heavy (non-hydrogen) atoms. The molecule has 2 rings (SSSR count). The van der Waals surface area contributed by atoms with Crippen LogP contribution in [0.15, 0.2) is 18.2 Å². The molecule has 0 saturated carbocycles. The van der Waals surface area contributed by atoms with Crippen LogP contribution >= 0.6 is 0 Å². The Morgan fingerprint density at radius 3 is 2.67 bits per heavy atom. The monoisotopic (exact) mass is 294 g/mol. The van der Waals surface area contributed by atoms with Crippen LogP contribution in [0, 0.1) is 5.92 Å². The van der Waals surface area contributed by atoms with Crippen LogP contribution in [0.1, 0.15) is 23.7 Å². The summed E-state index contributed by atoms with van der Waals surface area (Å²) in [6.45, 7) is 2.73. The molecule has 0 aliphatic carbocycles. The normalized spacial score (nSPS) is 21.9. The molecule has 0 spiro atoms. The predicted octanol–water partition coefficient (Wildman–Crippen LogP) is 1.32. The van der Waals surface area contributed by atoms with Gasteiger partial charge in [-0.15, -0.1) is 0 Å². The summed E-state index contributed by atoms with van der Waals surface area (Å²) in [6.07, 6.45) is 0.107. The van der Waals surface area contributed by atoms with Crippen LogP contribution in [0.3, 0.4) is 0 Å². The van der Waals surface area contributed by atoms with E-state index >= 15 is 0 Å². The highest BCUT2D eigenvalue weighted by Gasteiger charge is 2.27. The Morgan fingerprint density at radius 1 is 1.38 bits per heavy atom. The van der Waals surface area contributed by atoms with E-state index in [1.165, 1.54) is 12.1 Å². The quantitative estimate of drug-likeness (QED) is 0.615. The molecular weight excluding hydrogens is 276 g/mol. The van der Waals surface area contributed by atoms with E-state index in [0.29, 0.717) is 19.5 Å². The number of aliphatic hydroxyl groups is 1. The number of carbonyl (C=O) groups excluding carboxylic acids is 1. The number of amides is 2. The highest BCUT2D eigenvalue weighted by molar-refractivity contribution is 5.93. The molecule has 1 aliphatic heterocycles. The lowest BCUT2D eigenvalue weighted by Crippen LogP contribution is -2.46. The molecule has 4 N–H and O–H groups in total. The zero-order chi connectivity index (χ0) is 15.6. The fourth-order valence-corrected chi connectivity index (χ4v) is 2.28. The van der Waals surface area contributed by atoms with Gasteiger partial charge in [0.25, 0.3) is 0 Å². The smallest absolute Gasteiger partial charge is 0.335 e. The van der Waals surface area contributed by atoms with E-state index in [1.54, 1.807) is 4.90 Å². The zero-order valence-electron chi connectivity index (χ0n) is 11.6. The molecule has 2 atom stereocenters. The number of urea groups is 1. The van der Waals surface area contributed by atoms with Gasteiger partial charge in [0.15, 0.2) is 0 Å². The second-order valence-corrected chi connectivity index (χ2v) is 5.25. The number of phenols is 1. The first kappa shape index (κ1) is 15.1. The summed E-state index contributed by atoms with van der Waals surface area (Å²) in [5.74, 6) is -1.46. The lowest BCUT2D eigenvalue weighted by molar-refractivity contribution is 0.0505. The number of benzene rings is 1. The number of rotatable bonds is 2. The van der Waals surface area contributed by atoms with Gasteiger partial charge in [-0.2, -0.15) is 0 Å². The summed E-state index contributed by atoms with van der Waals surface area (Å²) in [6, 6.07) is 3.35. The zero-order valence-corrected chi connectivity index (χ0v) is 11.6. The van der Waals surface area contributed by atoms with E-state index in [9.17, 15) is 19.8 Å². The number of aromatic hydroxyl groups is 1. The van der Waals surface area contributed by atoms with Crippen molar-refractivity contribution in [3.8, 4) is 5.75 Å². The maximum Gasteiger partial charge on any atom is 0.335 e. The lowest BCUT2D eigenvalue weighted by Gasteiger charge is -2.34. The molecule has 1 aromatic carbocycles. The van der Waals surface area contributed by atoms with E-state index in [0.717, 1.165) is 6.07 Å². The fraction of sp³-hybridized carbons (Fsp3) is 0.429. The third-order valence-corrected chi connectivity index (χ3v) is 3.63. The number of likely N-dealkylation sites (tertiary alicyclic amines) is 1. The largest absolute Gasteiger partial charge is 0.506 e. The number of anilines is 1. The third kappa shape index (κ3) is 3.43. The summed E-state index contributed by atoms with van der Waals surface area (Å²) in [5, 5.41) is 30.7. The van der Waals surface area contributed by atoms with E-state index in [-0.39, 0.29) is 28.9 Å². The first-order valence-electron chi connectivity index (χ1n) is 6.68. The van der Waals surface area contributed by atoms with Crippen LogP contribution in [0.4, 0.5) is 10.5 Å². The van der Waals surface area contributed by atoms with Crippen LogP contribution in [0.2, 0.25) is 0 Å². The van der Waals surface area contributed by atoms with Gasteiger partial charge in [-0.25, -0.2) is 9.59 Å². The Balaban J connectivity index is 2.04. The summed E-state index contributed by atoms with van der Waals surface area (Å²) in [4.78, 5) is 24.4. The number of piperidine rings is 1. The van der Waals surface area contributed by atoms with Gasteiger partial charge in [0.1, 0.15) is 5.75 Å². The van der Waals surface area contributed by atoms with Gasteiger partial charge >= 0.3 is 12.0 Å². The Hall–Kier alpha value is -2.28. The third-order valence-electron chi connectivity index (χ3n) is 3.63. The second-order valence-electron chi connectivity index (χ2n) is 5.25. The number of nitrogens with one attached hydrogen (secondary N) is 1. The average molecular weight is 294 g/mol. The Morgan fingerprint density at radius 2 is 2.10 bits per heavy atom. The minimum atomic E-state index is -1.15. The first-order valence-corrected chi connectivity index (χ1v) is 6.68. The van der Waals surface area contributed by atoms with Gasteiger partial charge in [-0.3, -0.25) is 0 Å². The van der Waals surface area contributed by atoms with E-state index < -0.39 is 12.1 Å². The number of carbonyl (C=O) groups is 2. The van der Waals surface area contributed by atoms with Crippen molar-refractivity contribution in [2.75, 3.05) is 18.4 Å². The highest BCUT2D eigenvalue weighted by Crippen LogP contribution is 2.25. The summed E-state index contributed by atoms with van der Waals surface area (Å²) in [5.41, 5.74) is 0.101. The molecule has 7 nitrogen and oxygen atoms in total. The van der Waals surface area contributed by atoms with Crippen LogP contribution in [-0.2, 0) is 0 Å². The van der Waals surface area contributed by atoms with E-state index in [2.05, 4.69) is 5.32 Å². The number of carboxylic acids is 1. The maximum absolute atomic E-state index is 12.1. The van der Waals surface area contributed by atoms with Crippen molar-refractivity contribution in [2.24, 2.45) is 5.92 Å². The van der Waals surface area contributed by atoms with Crippen LogP contribution < -0.4 is 5.32 Å². The van der Waals surface area contributed by atoms with Crippen LogP contribution in [-0.4, -0.2) is 51.4 Å². The van der Waals surface area contributed by atoms with Crippen molar-refractivity contribution < 1.29 is 24.9 Å². The van der Waals surface area contributed by atoms with Crippen molar-refractivity contribution in [3.63, 3.8) is 0 Å². The van der Waals surface area contributed by atoms with Gasteiger partial charge in [-0.05, 0) is 30.5 Å². The van der Waals surface area contributed by atoms with Crippen molar-refractivity contribution in [1.29, 1.82) is 0 Å². The number of hydrogen-bond donors (Lipinski definition) is 4. The molecule has 1 aliphatic rings. The molecular formula is C14H18N2O5. The van der Waals surface area contributed by atoms with Crippen molar-refractivity contribution in [3.05, 3.63) is 23.8 Å². The number of carboxylic acid groups (broad SMARTS) is 1. The van der Waals surface area contributed by atoms with Crippen molar-refractivity contribution in [1.82, 2.24) is 4.90 Å². The summed E-state index contributed by atoms with van der Waals surface area (Å²) < 4.78 is 0. The van der Waals surface area contributed by atoms with Gasteiger partial charge < -0.3 is 25.5 Å². The predicted molar refractivity (Wildman–Crippen MR) is 75.4 cm³/mol. The molecule has 2 amide bonds.